The standard InChI is InChI=1S/C6H3I3/c7-4-2-1-3-5(8)6(4)9/h1-3H. The number of hydrogen-bond acceptors (Lipinski definition) is 0. The highest BCUT2D eigenvalue weighted by atomic mass is 127. The highest BCUT2D eigenvalue weighted by molar-refractivity contribution is 14.1. The lowest BCUT2D eigenvalue weighted by Gasteiger charge is -1.95. The Kier molecular flexibility index (Phi) is 3.50. The van der Waals surface area contributed by atoms with Crippen molar-refractivity contribution in [2.24, 2.45) is 0 Å². The number of benzene rings is 1. The third-order valence-corrected chi connectivity index (χ3v) is 5.93. The van der Waals surface area contributed by atoms with Crippen LogP contribution < -0.4 is 0 Å². The van der Waals surface area contributed by atoms with Crippen molar-refractivity contribution >= 4 is 67.8 Å². The third-order valence-electron chi connectivity index (χ3n) is 0.904. The largest absolute Gasteiger partial charge is 0.0601 e. The summed E-state index contributed by atoms with van der Waals surface area (Å²) in [5.74, 6) is 0. The van der Waals surface area contributed by atoms with Gasteiger partial charge < -0.3 is 0 Å². The van der Waals surface area contributed by atoms with E-state index in [1.165, 1.54) is 10.7 Å². The smallest absolute Gasteiger partial charge is 0.0397 e. The van der Waals surface area contributed by atoms with Crippen molar-refractivity contribution in [3.05, 3.63) is 28.9 Å². The molecule has 0 N–H and O–H groups in total. The van der Waals surface area contributed by atoms with Crippen LogP contribution in [0.2, 0.25) is 0 Å². The van der Waals surface area contributed by atoms with E-state index in [9.17, 15) is 0 Å². The Morgan fingerprint density at radius 1 is 0.889 bits per heavy atom. The molecule has 0 saturated carbocycles. The molecular formula is C6H3I3. The molecule has 0 saturated heterocycles. The van der Waals surface area contributed by atoms with Crippen molar-refractivity contribution in [1.29, 1.82) is 0 Å². The van der Waals surface area contributed by atoms with Crippen molar-refractivity contribution in [2.75, 3.05) is 0 Å². The summed E-state index contributed by atoms with van der Waals surface area (Å²) in [6.45, 7) is 0. The maximum Gasteiger partial charge on any atom is 0.0397 e. The molecule has 0 nitrogen and oxygen atoms in total. The zero-order valence-corrected chi connectivity index (χ0v) is 10.8. The van der Waals surface area contributed by atoms with Crippen LogP contribution in [-0.4, -0.2) is 0 Å². The fourth-order valence-electron chi connectivity index (χ4n) is 0.477. The van der Waals surface area contributed by atoms with Crippen LogP contribution in [0, 0.1) is 10.7 Å². The Morgan fingerprint density at radius 3 is 1.67 bits per heavy atom. The van der Waals surface area contributed by atoms with Gasteiger partial charge >= 0.3 is 0 Å². The van der Waals surface area contributed by atoms with E-state index in [1.807, 2.05) is 0 Å². The first-order valence-electron chi connectivity index (χ1n) is 2.31. The molecule has 1 aromatic carbocycles. The van der Waals surface area contributed by atoms with Gasteiger partial charge in [0, 0.05) is 10.7 Å². The van der Waals surface area contributed by atoms with Crippen LogP contribution in [0.5, 0.6) is 0 Å². The number of halogens is 3. The van der Waals surface area contributed by atoms with Crippen LogP contribution in [0.3, 0.4) is 0 Å². The van der Waals surface area contributed by atoms with Crippen molar-refractivity contribution in [3.8, 4) is 0 Å². The molecular weight excluding hydrogens is 453 g/mol. The monoisotopic (exact) mass is 456 g/mol. The Hall–Kier alpha value is 1.41. The molecule has 9 heavy (non-hydrogen) atoms. The highest BCUT2D eigenvalue weighted by Gasteiger charge is 1.96. The summed E-state index contributed by atoms with van der Waals surface area (Å²) in [5, 5.41) is 0. The molecule has 1 rings (SSSR count). The van der Waals surface area contributed by atoms with Gasteiger partial charge in [-0.15, -0.1) is 0 Å². The summed E-state index contributed by atoms with van der Waals surface area (Å²) in [7, 11) is 0. The maximum absolute atomic E-state index is 2.35. The van der Waals surface area contributed by atoms with Crippen LogP contribution in [-0.2, 0) is 0 Å². The van der Waals surface area contributed by atoms with Crippen LogP contribution in [0.1, 0.15) is 0 Å². The fraction of sp³-hybridized carbons (Fsp3) is 0. The lowest BCUT2D eigenvalue weighted by molar-refractivity contribution is 1.53. The molecule has 0 aliphatic heterocycles. The molecule has 1 aromatic rings. The molecule has 0 unspecified atom stereocenters. The van der Waals surface area contributed by atoms with E-state index in [-0.39, 0.29) is 0 Å². The Balaban J connectivity index is 3.25. The topological polar surface area (TPSA) is 0 Å². The minimum absolute atomic E-state index is 1.33. The van der Waals surface area contributed by atoms with E-state index in [1.54, 1.807) is 0 Å². The highest BCUT2D eigenvalue weighted by Crippen LogP contribution is 2.19. The van der Waals surface area contributed by atoms with Crippen molar-refractivity contribution in [1.82, 2.24) is 0 Å². The van der Waals surface area contributed by atoms with Gasteiger partial charge in [0.25, 0.3) is 0 Å². The van der Waals surface area contributed by atoms with Crippen LogP contribution in [0.25, 0.3) is 0 Å². The molecule has 0 aliphatic carbocycles. The average molecular weight is 456 g/mol. The Bertz CT molecular complexity index is 199. The maximum atomic E-state index is 2.35. The zero-order valence-electron chi connectivity index (χ0n) is 4.37. The molecule has 0 fully saturated rings. The van der Waals surface area contributed by atoms with E-state index in [0.29, 0.717) is 0 Å². The first-order valence-corrected chi connectivity index (χ1v) is 5.55. The normalized spacial score (nSPS) is 9.67. The second-order valence-corrected chi connectivity index (χ2v) is 4.94. The van der Waals surface area contributed by atoms with Crippen LogP contribution in [0.4, 0.5) is 0 Å². The van der Waals surface area contributed by atoms with Gasteiger partial charge in [-0.25, -0.2) is 0 Å². The molecule has 0 heterocycles. The third kappa shape index (κ3) is 2.18. The van der Waals surface area contributed by atoms with E-state index in [2.05, 4.69) is 86.0 Å². The van der Waals surface area contributed by atoms with Gasteiger partial charge in [-0.3, -0.25) is 0 Å². The minimum atomic E-state index is 1.33. The molecule has 0 atom stereocenters. The number of rotatable bonds is 0. The Labute approximate surface area is 95.2 Å². The number of hydrogen-bond donors (Lipinski definition) is 0. The van der Waals surface area contributed by atoms with Gasteiger partial charge in [0.2, 0.25) is 0 Å². The molecule has 0 aliphatic rings. The first-order chi connectivity index (χ1) is 4.22. The molecule has 0 aromatic heterocycles. The van der Waals surface area contributed by atoms with Crippen molar-refractivity contribution < 1.29 is 0 Å². The molecule has 0 amide bonds. The summed E-state index contributed by atoms with van der Waals surface area (Å²) >= 11 is 7.03. The van der Waals surface area contributed by atoms with Gasteiger partial charge in [-0.05, 0) is 79.9 Å². The van der Waals surface area contributed by atoms with E-state index in [4.69, 9.17) is 0 Å². The first kappa shape index (κ1) is 8.51. The summed E-state index contributed by atoms with van der Waals surface area (Å²) in [4.78, 5) is 0. The van der Waals surface area contributed by atoms with E-state index < -0.39 is 0 Å². The lowest BCUT2D eigenvalue weighted by Crippen LogP contribution is -1.81. The summed E-state index contributed by atoms with van der Waals surface area (Å²) < 4.78 is 4.02. The van der Waals surface area contributed by atoms with Gasteiger partial charge in [0.1, 0.15) is 0 Å². The van der Waals surface area contributed by atoms with Crippen molar-refractivity contribution in [2.45, 2.75) is 0 Å². The minimum Gasteiger partial charge on any atom is -0.0601 e. The summed E-state index contributed by atoms with van der Waals surface area (Å²) in [6, 6.07) is 6.31. The molecule has 0 bridgehead atoms. The summed E-state index contributed by atoms with van der Waals surface area (Å²) in [6.07, 6.45) is 0. The van der Waals surface area contributed by atoms with Gasteiger partial charge in [0.15, 0.2) is 0 Å². The molecule has 48 valence electrons. The zero-order chi connectivity index (χ0) is 6.85. The average Bonchev–Trinajstić information content (AvgIpc) is 1.83. The SMILES string of the molecule is Ic1cccc(I)c1I. The van der Waals surface area contributed by atoms with Gasteiger partial charge in [-0.2, -0.15) is 0 Å². The van der Waals surface area contributed by atoms with Gasteiger partial charge in [-0.1, -0.05) is 6.07 Å². The second kappa shape index (κ2) is 3.70. The second-order valence-electron chi connectivity index (χ2n) is 1.54. The quantitative estimate of drug-likeness (QED) is 0.415. The predicted octanol–water partition coefficient (Wildman–Crippen LogP) is 3.50. The Morgan fingerprint density at radius 2 is 1.33 bits per heavy atom. The molecule has 0 spiro atoms. The van der Waals surface area contributed by atoms with Crippen molar-refractivity contribution in [3.63, 3.8) is 0 Å². The predicted molar refractivity (Wildman–Crippen MR) is 64.6 cm³/mol. The van der Waals surface area contributed by atoms with Gasteiger partial charge in [0.05, 0.1) is 0 Å². The lowest BCUT2D eigenvalue weighted by atomic mass is 10.4. The van der Waals surface area contributed by atoms with E-state index in [0.717, 1.165) is 0 Å². The molecule has 0 radical (unpaired) electrons. The van der Waals surface area contributed by atoms with E-state index >= 15 is 0 Å². The van der Waals surface area contributed by atoms with Crippen LogP contribution in [0.15, 0.2) is 18.2 Å². The van der Waals surface area contributed by atoms with Crippen LogP contribution >= 0.6 is 67.8 Å². The fourth-order valence-corrected chi connectivity index (χ4v) is 2.35. The molecule has 3 heteroatoms. The summed E-state index contributed by atoms with van der Waals surface area (Å²) in [5.41, 5.74) is 0.